The Labute approximate surface area is 90.1 Å². The third-order valence-corrected chi connectivity index (χ3v) is 0. The molecule has 0 atom stereocenters. The first-order valence-electron chi connectivity index (χ1n) is 1.17. The van der Waals surface area contributed by atoms with Gasteiger partial charge in [-0.25, -0.2) is 0 Å². The van der Waals surface area contributed by atoms with Gasteiger partial charge in [-0.3, -0.25) is 8.42 Å². The molecule has 0 saturated heterocycles. The molecule has 0 spiro atoms. The summed E-state index contributed by atoms with van der Waals surface area (Å²) in [5.41, 5.74) is 0. The molecular formula is Cl3MgO4PS. The second-order valence-corrected chi connectivity index (χ2v) is 6.40. The third kappa shape index (κ3) is 212. The van der Waals surface area contributed by atoms with E-state index in [2.05, 4.69) is 0 Å². The van der Waals surface area contributed by atoms with Crippen molar-refractivity contribution in [3.05, 3.63) is 0 Å². The largest absolute Gasteiger partial charge is 2.00 e. The molecule has 0 amide bonds. The van der Waals surface area contributed by atoms with Gasteiger partial charge in [0.1, 0.15) is 0 Å². The molecule has 0 aliphatic heterocycles. The van der Waals surface area contributed by atoms with Gasteiger partial charge in [0.05, 0.1) is 0 Å². The van der Waals surface area contributed by atoms with Crippen LogP contribution in [0.25, 0.3) is 0 Å². The summed E-state index contributed by atoms with van der Waals surface area (Å²) in [6.07, 6.45) is 0. The monoisotopic (exact) mass is 256 g/mol. The Morgan fingerprint density at radius 2 is 1.10 bits per heavy atom. The maximum atomic E-state index is 8.52. The molecule has 4 nitrogen and oxygen atoms in total. The molecule has 0 aromatic rings. The average Bonchev–Trinajstić information content (AvgIpc) is 1.19. The van der Waals surface area contributed by atoms with Gasteiger partial charge >= 0.3 is 23.1 Å². The molecule has 10 heteroatoms. The van der Waals surface area contributed by atoms with Crippen molar-refractivity contribution >= 4 is 73.2 Å². The Hall–Kier alpha value is 1.94. The first-order chi connectivity index (χ1) is 3.73. The van der Waals surface area contributed by atoms with Gasteiger partial charge < -0.3 is 9.11 Å². The number of rotatable bonds is 0. The summed E-state index contributed by atoms with van der Waals surface area (Å²) in [5, 5.41) is 0. The predicted octanol–water partition coefficient (Wildman–Crippen LogP) is 1.21. The first kappa shape index (κ1) is 17.9. The zero-order valence-corrected chi connectivity index (χ0v) is 9.72. The predicted molar refractivity (Wildman–Crippen MR) is 40.7 cm³/mol. The van der Waals surface area contributed by atoms with E-state index in [-0.39, 0.29) is 23.1 Å². The van der Waals surface area contributed by atoms with Crippen LogP contribution in [-0.2, 0) is 10.4 Å². The average molecular weight is 258 g/mol. The van der Waals surface area contributed by atoms with Crippen LogP contribution in [0.1, 0.15) is 0 Å². The third-order valence-electron chi connectivity index (χ3n) is 0. The van der Waals surface area contributed by atoms with Crippen LogP contribution in [0.5, 0.6) is 0 Å². The van der Waals surface area contributed by atoms with Crippen molar-refractivity contribution in [1.29, 1.82) is 0 Å². The minimum atomic E-state index is -5.17. The zero-order chi connectivity index (χ0) is 8.08. The number of hydrogen-bond donors (Lipinski definition) is 0. The summed E-state index contributed by atoms with van der Waals surface area (Å²) >= 11 is 14.6. The maximum absolute atomic E-state index is 8.52. The second-order valence-electron chi connectivity index (χ2n) is 0.600. The molecule has 0 N–H and O–H groups in total. The van der Waals surface area contributed by atoms with Gasteiger partial charge in [0, 0.05) is 10.4 Å². The topological polar surface area (TPSA) is 80.3 Å². The van der Waals surface area contributed by atoms with E-state index in [1.54, 1.807) is 0 Å². The summed E-state index contributed by atoms with van der Waals surface area (Å²) in [5.74, 6) is -1.20. The van der Waals surface area contributed by atoms with Crippen molar-refractivity contribution < 1.29 is 17.5 Å². The molecule has 10 heavy (non-hydrogen) atoms. The molecule has 0 heterocycles. The van der Waals surface area contributed by atoms with Gasteiger partial charge in [-0.05, 0) is 0 Å². The molecule has 0 rings (SSSR count). The Balaban J connectivity index is -0.0000000910. The molecule has 0 fully saturated rings. The Bertz CT molecular complexity index is 132. The summed E-state index contributed by atoms with van der Waals surface area (Å²) < 4.78 is 34.1. The quantitative estimate of drug-likeness (QED) is 0.283. The van der Waals surface area contributed by atoms with Crippen LogP contribution in [0.15, 0.2) is 0 Å². The zero-order valence-electron chi connectivity index (χ0n) is 4.33. The summed E-state index contributed by atoms with van der Waals surface area (Å²) in [6, 6.07) is 0. The summed E-state index contributed by atoms with van der Waals surface area (Å²) in [7, 11) is -5.17. The number of halogens is 3. The van der Waals surface area contributed by atoms with E-state index in [1.807, 2.05) is 0 Å². The van der Waals surface area contributed by atoms with Gasteiger partial charge in [-0.1, -0.05) is 33.7 Å². The molecule has 0 saturated carbocycles. The van der Waals surface area contributed by atoms with E-state index in [4.69, 9.17) is 51.2 Å². The fourth-order valence-corrected chi connectivity index (χ4v) is 0. The SMILES string of the molecule is ClP(Cl)Cl.O=S(=O)([O-])[O-].[Mg+2]. The van der Waals surface area contributed by atoms with Crippen LogP contribution in [0.2, 0.25) is 0 Å². The summed E-state index contributed by atoms with van der Waals surface area (Å²) in [4.78, 5) is 0. The van der Waals surface area contributed by atoms with Crippen LogP contribution < -0.4 is 0 Å². The van der Waals surface area contributed by atoms with Crippen LogP contribution in [0.4, 0.5) is 0 Å². The Morgan fingerprint density at radius 3 is 1.10 bits per heavy atom. The van der Waals surface area contributed by atoms with Crippen LogP contribution >= 0.6 is 39.7 Å². The van der Waals surface area contributed by atoms with Crippen molar-refractivity contribution in [2.45, 2.75) is 0 Å². The molecule has 0 bridgehead atoms. The normalized spacial score (nSPS) is 9.40. The van der Waals surface area contributed by atoms with Gasteiger partial charge in [0.2, 0.25) is 0 Å². The smallest absolute Gasteiger partial charge is 0.759 e. The fourth-order valence-electron chi connectivity index (χ4n) is 0. The molecule has 0 radical (unpaired) electrons. The second kappa shape index (κ2) is 9.03. The molecule has 58 valence electrons. The van der Waals surface area contributed by atoms with Crippen molar-refractivity contribution in [1.82, 2.24) is 0 Å². The van der Waals surface area contributed by atoms with Crippen LogP contribution in [-0.4, -0.2) is 40.6 Å². The molecule has 0 aliphatic carbocycles. The minimum Gasteiger partial charge on any atom is -0.759 e. The van der Waals surface area contributed by atoms with E-state index in [0.29, 0.717) is 0 Å². The van der Waals surface area contributed by atoms with Gasteiger partial charge in [0.15, 0.2) is 5.98 Å². The molecular weight excluding hydrogens is 258 g/mol. The van der Waals surface area contributed by atoms with Crippen molar-refractivity contribution in [3.8, 4) is 0 Å². The van der Waals surface area contributed by atoms with Crippen molar-refractivity contribution in [2.75, 3.05) is 0 Å². The maximum Gasteiger partial charge on any atom is 2.00 e. The Kier molecular flexibility index (Phi) is 16.1. The standard InChI is InChI=1S/Cl3P.Mg.H2O4S/c1-4(2)3;;1-5(2,3)4/h;;(H2,1,2,3,4)/q;+2;/p-2. The van der Waals surface area contributed by atoms with Gasteiger partial charge in [-0.15, -0.1) is 0 Å². The minimum absolute atomic E-state index is 0. The van der Waals surface area contributed by atoms with E-state index < -0.39 is 16.4 Å². The van der Waals surface area contributed by atoms with E-state index in [1.165, 1.54) is 0 Å². The van der Waals surface area contributed by atoms with Gasteiger partial charge in [0.25, 0.3) is 0 Å². The van der Waals surface area contributed by atoms with Gasteiger partial charge in [-0.2, -0.15) is 0 Å². The molecule has 0 aliphatic rings. The molecule has 0 aromatic heterocycles. The van der Waals surface area contributed by atoms with E-state index in [0.717, 1.165) is 0 Å². The first-order valence-corrected chi connectivity index (χ1v) is 6.56. The Morgan fingerprint density at radius 1 is 1.10 bits per heavy atom. The van der Waals surface area contributed by atoms with Crippen LogP contribution in [0.3, 0.4) is 0 Å². The summed E-state index contributed by atoms with van der Waals surface area (Å²) in [6.45, 7) is 0. The fraction of sp³-hybridized carbons (Fsp3) is 0. The van der Waals surface area contributed by atoms with Crippen molar-refractivity contribution in [3.63, 3.8) is 0 Å². The van der Waals surface area contributed by atoms with E-state index >= 15 is 0 Å². The molecule has 0 aromatic carbocycles. The van der Waals surface area contributed by atoms with Crippen LogP contribution in [0, 0.1) is 0 Å². The van der Waals surface area contributed by atoms with Crippen molar-refractivity contribution in [2.24, 2.45) is 0 Å². The molecule has 0 unspecified atom stereocenters. The van der Waals surface area contributed by atoms with E-state index in [9.17, 15) is 0 Å². The number of hydrogen-bond acceptors (Lipinski definition) is 4.